The lowest BCUT2D eigenvalue weighted by Gasteiger charge is -2.04. The highest BCUT2D eigenvalue weighted by molar-refractivity contribution is 6.30. The zero-order valence-corrected chi connectivity index (χ0v) is 16.3. The lowest BCUT2D eigenvalue weighted by molar-refractivity contribution is 0.0997. The molecule has 6 nitrogen and oxygen atoms in total. The van der Waals surface area contributed by atoms with Gasteiger partial charge < -0.3 is 14.2 Å². The molecule has 0 saturated carbocycles. The number of carbonyl (C=O) groups excluding carboxylic acids is 1. The van der Waals surface area contributed by atoms with Gasteiger partial charge in [0, 0.05) is 28.0 Å². The first-order chi connectivity index (χ1) is 14.7. The molecule has 0 aliphatic carbocycles. The largest absolute Gasteiger partial charge is 0.451 e. The highest BCUT2D eigenvalue weighted by atomic mass is 35.5. The number of hydrogen-bond acceptors (Lipinski definition) is 5. The molecule has 0 aliphatic heterocycles. The molecule has 1 N–H and O–H groups in total. The number of nitrogens with zero attached hydrogens (tertiary/aromatic N) is 2. The van der Waals surface area contributed by atoms with Gasteiger partial charge in [-0.1, -0.05) is 17.7 Å². The number of oxazole rings is 1. The maximum atomic E-state index is 12.6. The lowest BCUT2D eigenvalue weighted by Crippen LogP contribution is -2.10. The third-order valence-electron chi connectivity index (χ3n) is 4.49. The highest BCUT2D eigenvalue weighted by Crippen LogP contribution is 2.27. The minimum Gasteiger partial charge on any atom is -0.451 e. The third-order valence-corrected chi connectivity index (χ3v) is 4.74. The number of benzene rings is 2. The van der Waals surface area contributed by atoms with Gasteiger partial charge in [0.2, 0.25) is 5.89 Å². The van der Waals surface area contributed by atoms with E-state index in [1.807, 2.05) is 24.3 Å². The van der Waals surface area contributed by atoms with Gasteiger partial charge >= 0.3 is 0 Å². The van der Waals surface area contributed by atoms with Crippen LogP contribution in [0.2, 0.25) is 5.02 Å². The number of rotatable bonds is 4. The number of carbonyl (C=O) groups is 1. The van der Waals surface area contributed by atoms with Crippen LogP contribution in [-0.4, -0.2) is 15.9 Å². The fraction of sp³-hybridized carbons (Fsp3) is 0. The van der Waals surface area contributed by atoms with Crippen molar-refractivity contribution in [2.45, 2.75) is 0 Å². The number of amides is 1. The second kappa shape index (κ2) is 7.50. The summed E-state index contributed by atoms with van der Waals surface area (Å²) in [5, 5.41) is 3.47. The SMILES string of the molecule is O=C(Nc1cccc(-c2nc3ncccc3o2)c1)c1ccc(-c2ccc(Cl)cc2)o1. The first kappa shape index (κ1) is 18.1. The zero-order valence-electron chi connectivity index (χ0n) is 15.5. The molecule has 0 spiro atoms. The summed E-state index contributed by atoms with van der Waals surface area (Å²) in [7, 11) is 0. The molecule has 2 aromatic carbocycles. The molecular formula is C23H14ClN3O3. The second-order valence-electron chi connectivity index (χ2n) is 6.55. The number of anilines is 1. The molecule has 0 atom stereocenters. The fourth-order valence-corrected chi connectivity index (χ4v) is 3.17. The first-order valence-electron chi connectivity index (χ1n) is 9.15. The van der Waals surface area contributed by atoms with Crippen molar-refractivity contribution in [3.63, 3.8) is 0 Å². The molecule has 3 aromatic heterocycles. The smallest absolute Gasteiger partial charge is 0.291 e. The van der Waals surface area contributed by atoms with Crippen LogP contribution in [0.5, 0.6) is 0 Å². The number of fused-ring (bicyclic) bond motifs is 1. The van der Waals surface area contributed by atoms with E-state index in [4.69, 9.17) is 20.4 Å². The Morgan fingerprint density at radius 2 is 1.77 bits per heavy atom. The van der Waals surface area contributed by atoms with Crippen molar-refractivity contribution in [1.82, 2.24) is 9.97 Å². The topological polar surface area (TPSA) is 81.2 Å². The summed E-state index contributed by atoms with van der Waals surface area (Å²) in [5.74, 6) is 0.871. The molecule has 5 aromatic rings. The van der Waals surface area contributed by atoms with Crippen LogP contribution < -0.4 is 5.32 Å². The van der Waals surface area contributed by atoms with Gasteiger partial charge in [0.15, 0.2) is 17.0 Å². The Kier molecular flexibility index (Phi) is 4.53. The summed E-state index contributed by atoms with van der Waals surface area (Å²) in [6.07, 6.45) is 1.66. The maximum Gasteiger partial charge on any atom is 0.291 e. The molecule has 30 heavy (non-hydrogen) atoms. The van der Waals surface area contributed by atoms with Gasteiger partial charge in [-0.2, -0.15) is 4.98 Å². The molecule has 7 heteroatoms. The molecule has 5 rings (SSSR count). The fourth-order valence-electron chi connectivity index (χ4n) is 3.04. The van der Waals surface area contributed by atoms with Crippen LogP contribution in [0.3, 0.4) is 0 Å². The van der Waals surface area contributed by atoms with E-state index in [1.54, 1.807) is 54.7 Å². The molecule has 0 fully saturated rings. The summed E-state index contributed by atoms with van der Waals surface area (Å²) < 4.78 is 11.4. The summed E-state index contributed by atoms with van der Waals surface area (Å²) in [4.78, 5) is 21.2. The van der Waals surface area contributed by atoms with E-state index in [-0.39, 0.29) is 11.7 Å². The van der Waals surface area contributed by atoms with Crippen molar-refractivity contribution in [2.75, 3.05) is 5.32 Å². The number of hydrogen-bond donors (Lipinski definition) is 1. The van der Waals surface area contributed by atoms with Gasteiger partial charge in [-0.3, -0.25) is 4.79 Å². The van der Waals surface area contributed by atoms with Gasteiger partial charge in [0.05, 0.1) is 0 Å². The molecule has 0 bridgehead atoms. The predicted octanol–water partition coefficient (Wildman–Crippen LogP) is 6.06. The number of nitrogens with one attached hydrogen (secondary N) is 1. The zero-order chi connectivity index (χ0) is 20.5. The van der Waals surface area contributed by atoms with E-state index in [9.17, 15) is 4.79 Å². The molecule has 146 valence electrons. The molecule has 0 unspecified atom stereocenters. The van der Waals surface area contributed by atoms with Gasteiger partial charge in [-0.15, -0.1) is 0 Å². The van der Waals surface area contributed by atoms with Crippen LogP contribution in [0, 0.1) is 0 Å². The summed E-state index contributed by atoms with van der Waals surface area (Å²) in [6, 6.07) is 21.4. The molecule has 1 amide bonds. The van der Waals surface area contributed by atoms with Gasteiger partial charge in [-0.05, 0) is 66.7 Å². The Bertz CT molecular complexity index is 1320. The average molecular weight is 416 g/mol. The minimum absolute atomic E-state index is 0.205. The summed E-state index contributed by atoms with van der Waals surface area (Å²) in [6.45, 7) is 0. The minimum atomic E-state index is -0.355. The summed E-state index contributed by atoms with van der Waals surface area (Å²) >= 11 is 5.92. The number of halogens is 1. The van der Waals surface area contributed by atoms with Crippen LogP contribution in [0.1, 0.15) is 10.6 Å². The van der Waals surface area contributed by atoms with Gasteiger partial charge in [0.1, 0.15) is 5.76 Å². The monoisotopic (exact) mass is 415 g/mol. The van der Waals surface area contributed by atoms with Crippen molar-refractivity contribution in [3.8, 4) is 22.8 Å². The third kappa shape index (κ3) is 3.56. The summed E-state index contributed by atoms with van der Waals surface area (Å²) in [5.41, 5.74) is 3.30. The van der Waals surface area contributed by atoms with E-state index >= 15 is 0 Å². The molecule has 3 heterocycles. The van der Waals surface area contributed by atoms with Crippen LogP contribution in [0.4, 0.5) is 5.69 Å². The predicted molar refractivity (Wildman–Crippen MR) is 114 cm³/mol. The molecule has 0 radical (unpaired) electrons. The van der Waals surface area contributed by atoms with Crippen LogP contribution >= 0.6 is 11.6 Å². The number of pyridine rings is 1. The van der Waals surface area contributed by atoms with E-state index in [0.717, 1.165) is 11.1 Å². The maximum absolute atomic E-state index is 12.6. The average Bonchev–Trinajstić information content (AvgIpc) is 3.42. The van der Waals surface area contributed by atoms with Crippen molar-refractivity contribution in [3.05, 3.63) is 89.8 Å². The quantitative estimate of drug-likeness (QED) is 0.386. The molecule has 0 aliphatic rings. The van der Waals surface area contributed by atoms with Gasteiger partial charge in [-0.25, -0.2) is 4.98 Å². The van der Waals surface area contributed by atoms with Crippen LogP contribution in [-0.2, 0) is 0 Å². The van der Waals surface area contributed by atoms with E-state index < -0.39 is 0 Å². The van der Waals surface area contributed by atoms with Crippen molar-refractivity contribution < 1.29 is 13.6 Å². The Hall–Kier alpha value is -3.90. The standard InChI is InChI=1S/C23H14ClN3O3/c24-16-8-6-14(7-9-16)18-10-11-20(29-18)22(28)26-17-4-1-3-15(13-17)23-27-21-19(30-23)5-2-12-25-21/h1-13H,(H,26,28). The Morgan fingerprint density at radius 3 is 2.60 bits per heavy atom. The Balaban J connectivity index is 1.36. The lowest BCUT2D eigenvalue weighted by atomic mass is 10.2. The van der Waals surface area contributed by atoms with Gasteiger partial charge in [0.25, 0.3) is 5.91 Å². The van der Waals surface area contributed by atoms with Crippen LogP contribution in [0.25, 0.3) is 34.0 Å². The Labute approximate surface area is 176 Å². The van der Waals surface area contributed by atoms with E-state index in [0.29, 0.717) is 33.6 Å². The second-order valence-corrected chi connectivity index (χ2v) is 6.99. The van der Waals surface area contributed by atoms with Crippen molar-refractivity contribution in [1.29, 1.82) is 0 Å². The normalized spacial score (nSPS) is 11.0. The molecular weight excluding hydrogens is 402 g/mol. The van der Waals surface area contributed by atoms with E-state index in [2.05, 4.69) is 15.3 Å². The molecule has 0 saturated heterocycles. The van der Waals surface area contributed by atoms with Crippen LogP contribution in [0.15, 0.2) is 87.8 Å². The van der Waals surface area contributed by atoms with Crippen molar-refractivity contribution >= 4 is 34.4 Å². The van der Waals surface area contributed by atoms with E-state index in [1.165, 1.54) is 0 Å². The highest BCUT2D eigenvalue weighted by Gasteiger charge is 2.14. The van der Waals surface area contributed by atoms with Crippen molar-refractivity contribution in [2.24, 2.45) is 0 Å². The Morgan fingerprint density at radius 1 is 0.900 bits per heavy atom. The number of furan rings is 1. The first-order valence-corrected chi connectivity index (χ1v) is 9.53. The number of aromatic nitrogens is 2.